The predicted molar refractivity (Wildman–Crippen MR) is 77.6 cm³/mol. The zero-order chi connectivity index (χ0) is 15.4. The molecule has 0 saturated heterocycles. The number of halogens is 1. The minimum Gasteiger partial charge on any atom is -0.361 e. The largest absolute Gasteiger partial charge is 0.361 e. The summed E-state index contributed by atoms with van der Waals surface area (Å²) in [5, 5.41) is 5.38. The summed E-state index contributed by atoms with van der Waals surface area (Å²) in [6, 6.07) is 7.50. The van der Waals surface area contributed by atoms with Crippen molar-refractivity contribution in [3.8, 4) is 0 Å². The van der Waals surface area contributed by atoms with Gasteiger partial charge in [0.2, 0.25) is 5.91 Å². The molecule has 2 atom stereocenters. The number of carbonyl (C=O) groups is 1. The van der Waals surface area contributed by atoms with Crippen LogP contribution < -0.4 is 5.32 Å². The molecule has 112 valence electrons. The number of benzene rings is 1. The lowest BCUT2D eigenvalue weighted by molar-refractivity contribution is -0.115. The van der Waals surface area contributed by atoms with E-state index in [9.17, 15) is 13.4 Å². The highest BCUT2D eigenvalue weighted by Gasteiger charge is 2.22. The minimum absolute atomic E-state index is 0.0728. The average molecular weight is 310 g/mol. The fraction of sp³-hybridized carbons (Fsp3) is 0.286. The van der Waals surface area contributed by atoms with E-state index in [1.165, 1.54) is 25.1 Å². The van der Waals surface area contributed by atoms with E-state index in [2.05, 4.69) is 10.5 Å². The number of amides is 1. The van der Waals surface area contributed by atoms with Crippen LogP contribution in [0.3, 0.4) is 0 Å². The molecule has 1 aromatic heterocycles. The van der Waals surface area contributed by atoms with Gasteiger partial charge in [-0.2, -0.15) is 0 Å². The molecule has 2 aromatic rings. The summed E-state index contributed by atoms with van der Waals surface area (Å²) < 4.78 is 30.4. The summed E-state index contributed by atoms with van der Waals surface area (Å²) in [4.78, 5) is 12.0. The van der Waals surface area contributed by atoms with Gasteiger partial charge in [-0.1, -0.05) is 17.3 Å². The summed E-state index contributed by atoms with van der Waals surface area (Å²) in [7, 11) is -1.47. The van der Waals surface area contributed by atoms with Crippen molar-refractivity contribution < 1.29 is 17.9 Å². The number of anilines is 1. The Morgan fingerprint density at radius 3 is 2.81 bits per heavy atom. The molecule has 0 saturated carbocycles. The monoisotopic (exact) mass is 310 g/mol. The van der Waals surface area contributed by atoms with Crippen molar-refractivity contribution in [3.05, 3.63) is 47.6 Å². The van der Waals surface area contributed by atoms with E-state index in [1.54, 1.807) is 19.1 Å². The maximum Gasteiger partial charge on any atom is 0.239 e. The van der Waals surface area contributed by atoms with Gasteiger partial charge in [0.05, 0.1) is 17.1 Å². The van der Waals surface area contributed by atoms with Crippen LogP contribution in [0.5, 0.6) is 0 Å². The molecule has 5 nitrogen and oxygen atoms in total. The molecule has 2 rings (SSSR count). The van der Waals surface area contributed by atoms with Gasteiger partial charge in [0.15, 0.2) is 0 Å². The lowest BCUT2D eigenvalue weighted by Crippen LogP contribution is -2.30. The second-order valence-corrected chi connectivity index (χ2v) is 6.32. The molecule has 0 bridgehead atoms. The highest BCUT2D eigenvalue weighted by molar-refractivity contribution is 7.85. The summed E-state index contributed by atoms with van der Waals surface area (Å²) in [5.41, 5.74) is 0.597. The number of nitrogens with one attached hydrogen (secondary N) is 1. The molecule has 0 aliphatic carbocycles. The number of carbonyl (C=O) groups excluding carboxylic acids is 1. The molecule has 0 radical (unpaired) electrons. The third-order valence-corrected chi connectivity index (χ3v) is 4.45. The second kappa shape index (κ2) is 6.62. The van der Waals surface area contributed by atoms with Crippen molar-refractivity contribution in [2.75, 3.05) is 5.32 Å². The Morgan fingerprint density at radius 2 is 2.19 bits per heavy atom. The first-order valence-corrected chi connectivity index (χ1v) is 7.70. The number of rotatable bonds is 5. The number of aromatic nitrogens is 1. The third kappa shape index (κ3) is 3.98. The fourth-order valence-corrected chi connectivity index (χ4v) is 2.65. The van der Waals surface area contributed by atoms with Gasteiger partial charge in [-0.3, -0.25) is 9.00 Å². The first-order valence-electron chi connectivity index (χ1n) is 6.32. The molecule has 0 aliphatic heterocycles. The number of nitrogens with zero attached hydrogens (tertiary/aromatic N) is 1. The van der Waals surface area contributed by atoms with E-state index < -0.39 is 27.8 Å². The Kier molecular flexibility index (Phi) is 4.85. The maximum absolute atomic E-state index is 13.5. The molecular weight excluding hydrogens is 295 g/mol. The van der Waals surface area contributed by atoms with Crippen molar-refractivity contribution in [2.45, 2.75) is 24.9 Å². The predicted octanol–water partition coefficient (Wildman–Crippen LogP) is 2.40. The summed E-state index contributed by atoms with van der Waals surface area (Å²) in [6.07, 6.45) is 0. The number of aryl methyl sites for hydroxylation is 1. The molecule has 0 aliphatic rings. The van der Waals surface area contributed by atoms with Crippen molar-refractivity contribution >= 4 is 22.4 Å². The van der Waals surface area contributed by atoms with Crippen LogP contribution in [0, 0.1) is 12.7 Å². The molecule has 0 fully saturated rings. The molecule has 2 unspecified atom stereocenters. The van der Waals surface area contributed by atoms with Crippen LogP contribution in [-0.4, -0.2) is 20.5 Å². The minimum atomic E-state index is -1.47. The topological polar surface area (TPSA) is 72.2 Å². The van der Waals surface area contributed by atoms with Crippen LogP contribution in [0.25, 0.3) is 0 Å². The second-order valence-electron chi connectivity index (χ2n) is 4.57. The molecule has 0 spiro atoms. The highest BCUT2D eigenvalue weighted by atomic mass is 32.2. The van der Waals surface area contributed by atoms with Crippen molar-refractivity contribution in [2.24, 2.45) is 0 Å². The standard InChI is InChI=1S/C14H15FN2O3S/c1-9-7-11(17-20-9)8-21(19)10(2)14(18)16-13-6-4-3-5-12(13)15/h3-7,10H,8H2,1-2H3,(H,16,18). The molecule has 1 aromatic carbocycles. The van der Waals surface area contributed by atoms with Gasteiger partial charge in [-0.05, 0) is 26.0 Å². The normalized spacial score (nSPS) is 13.7. The summed E-state index contributed by atoms with van der Waals surface area (Å²) >= 11 is 0. The van der Waals surface area contributed by atoms with Gasteiger partial charge in [0, 0.05) is 16.9 Å². The average Bonchev–Trinajstić information content (AvgIpc) is 2.85. The highest BCUT2D eigenvalue weighted by Crippen LogP contribution is 2.14. The molecule has 21 heavy (non-hydrogen) atoms. The van der Waals surface area contributed by atoms with E-state index in [-0.39, 0.29) is 11.4 Å². The molecule has 1 N–H and O–H groups in total. The maximum atomic E-state index is 13.5. The Balaban J connectivity index is 1.98. The van der Waals surface area contributed by atoms with Gasteiger partial charge in [0.25, 0.3) is 0 Å². The van der Waals surface area contributed by atoms with Crippen molar-refractivity contribution in [1.82, 2.24) is 5.16 Å². The Labute approximate surface area is 124 Å². The van der Waals surface area contributed by atoms with E-state index >= 15 is 0 Å². The van der Waals surface area contributed by atoms with Gasteiger partial charge >= 0.3 is 0 Å². The van der Waals surface area contributed by atoms with Gasteiger partial charge < -0.3 is 9.84 Å². The smallest absolute Gasteiger partial charge is 0.239 e. The number of hydrogen-bond acceptors (Lipinski definition) is 4. The quantitative estimate of drug-likeness (QED) is 0.920. The van der Waals surface area contributed by atoms with E-state index in [0.717, 1.165) is 0 Å². The van der Waals surface area contributed by atoms with Crippen LogP contribution in [0.15, 0.2) is 34.9 Å². The number of hydrogen-bond donors (Lipinski definition) is 1. The lowest BCUT2D eigenvalue weighted by Gasteiger charge is -2.11. The third-order valence-electron chi connectivity index (χ3n) is 2.86. The summed E-state index contributed by atoms with van der Waals surface area (Å²) in [5.74, 6) is -0.302. The van der Waals surface area contributed by atoms with Crippen molar-refractivity contribution in [1.29, 1.82) is 0 Å². The van der Waals surface area contributed by atoms with Gasteiger partial charge in [-0.25, -0.2) is 4.39 Å². The molecule has 1 heterocycles. The summed E-state index contributed by atoms with van der Waals surface area (Å²) in [6.45, 7) is 3.26. The van der Waals surface area contributed by atoms with E-state index in [1.807, 2.05) is 0 Å². The first-order chi connectivity index (χ1) is 9.97. The van der Waals surface area contributed by atoms with E-state index in [4.69, 9.17) is 4.52 Å². The van der Waals surface area contributed by atoms with Crippen LogP contribution >= 0.6 is 0 Å². The van der Waals surface area contributed by atoms with Crippen LogP contribution in [0.1, 0.15) is 18.4 Å². The Bertz CT molecular complexity index is 672. The van der Waals surface area contributed by atoms with Gasteiger partial charge in [0.1, 0.15) is 16.8 Å². The van der Waals surface area contributed by atoms with Crippen LogP contribution in [0.2, 0.25) is 0 Å². The van der Waals surface area contributed by atoms with Crippen LogP contribution in [0.4, 0.5) is 10.1 Å². The SMILES string of the molecule is Cc1cc(CS(=O)C(C)C(=O)Nc2ccccc2F)no1. The zero-order valence-electron chi connectivity index (χ0n) is 11.6. The molecule has 1 amide bonds. The lowest BCUT2D eigenvalue weighted by atomic mass is 10.3. The first kappa shape index (κ1) is 15.4. The molecule has 7 heteroatoms. The van der Waals surface area contributed by atoms with Gasteiger partial charge in [-0.15, -0.1) is 0 Å². The zero-order valence-corrected chi connectivity index (χ0v) is 12.4. The Morgan fingerprint density at radius 1 is 1.48 bits per heavy atom. The van der Waals surface area contributed by atoms with Crippen molar-refractivity contribution in [3.63, 3.8) is 0 Å². The Hall–Kier alpha value is -2.02. The van der Waals surface area contributed by atoms with Crippen LogP contribution in [-0.2, 0) is 21.3 Å². The van der Waals surface area contributed by atoms with E-state index in [0.29, 0.717) is 11.5 Å². The number of para-hydroxylation sites is 1. The fourth-order valence-electron chi connectivity index (χ4n) is 1.67. The molecular formula is C14H15FN2O3S.